The van der Waals surface area contributed by atoms with Crippen molar-refractivity contribution in [2.24, 2.45) is 22.6 Å². The number of aliphatic hydroxyl groups is 1. The highest BCUT2D eigenvalue weighted by atomic mass is 16.3. The summed E-state index contributed by atoms with van der Waals surface area (Å²) >= 11 is 0. The molecule has 0 aliphatic carbocycles. The summed E-state index contributed by atoms with van der Waals surface area (Å²) < 4.78 is 0. The van der Waals surface area contributed by atoms with Crippen molar-refractivity contribution < 1.29 is 14.7 Å². The molecule has 2 amide bonds. The van der Waals surface area contributed by atoms with Crippen molar-refractivity contribution in [1.29, 1.82) is 0 Å². The van der Waals surface area contributed by atoms with Crippen molar-refractivity contribution in [2.45, 2.75) is 40.2 Å². The number of benzene rings is 1. The van der Waals surface area contributed by atoms with Crippen LogP contribution in [-0.4, -0.2) is 49.1 Å². The summed E-state index contributed by atoms with van der Waals surface area (Å²) in [5.74, 6) is 0.771. The lowest BCUT2D eigenvalue weighted by Gasteiger charge is -2.20. The Bertz CT molecular complexity index is 659. The molecule has 6 N–H and O–H groups in total. The molecule has 29 heavy (non-hydrogen) atoms. The third-order valence-electron chi connectivity index (χ3n) is 4.30. The first kappa shape index (κ1) is 24.4. The summed E-state index contributed by atoms with van der Waals surface area (Å²) in [5, 5.41) is 18.3. The number of primary amides is 1. The first-order chi connectivity index (χ1) is 13.8. The molecule has 0 saturated heterocycles. The minimum Gasteiger partial charge on any atom is -0.396 e. The molecule has 8 heteroatoms. The summed E-state index contributed by atoms with van der Waals surface area (Å²) in [6, 6.07) is 7.06. The fraction of sp³-hybridized carbons (Fsp3) is 0.571. The number of hydrogen-bond acceptors (Lipinski definition) is 4. The number of amides is 2. The lowest BCUT2D eigenvalue weighted by Crippen LogP contribution is -2.40. The van der Waals surface area contributed by atoms with Gasteiger partial charge in [0, 0.05) is 25.3 Å². The van der Waals surface area contributed by atoms with Gasteiger partial charge in [-0.15, -0.1) is 0 Å². The molecular weight excluding hydrogens is 370 g/mol. The van der Waals surface area contributed by atoms with Gasteiger partial charge in [-0.05, 0) is 49.3 Å². The predicted octanol–water partition coefficient (Wildman–Crippen LogP) is 1.00. The SMILES string of the molecule is CCNC(=NCc1ccc(C(=O)NCC(N)=O)cc1)NCC(CCO)CC(C)C. The molecular formula is C21H35N5O3. The number of guanidine groups is 1. The largest absolute Gasteiger partial charge is 0.396 e. The number of rotatable bonds is 12. The molecule has 0 fully saturated rings. The van der Waals surface area contributed by atoms with Crippen molar-refractivity contribution in [2.75, 3.05) is 26.2 Å². The van der Waals surface area contributed by atoms with Crippen molar-refractivity contribution in [3.63, 3.8) is 0 Å². The van der Waals surface area contributed by atoms with Gasteiger partial charge in [0.25, 0.3) is 5.91 Å². The number of hydrogen-bond donors (Lipinski definition) is 5. The summed E-state index contributed by atoms with van der Waals surface area (Å²) in [6.45, 7) is 8.35. The van der Waals surface area contributed by atoms with Crippen LogP contribution >= 0.6 is 0 Å². The van der Waals surface area contributed by atoms with E-state index < -0.39 is 5.91 Å². The number of nitrogens with two attached hydrogens (primary N) is 1. The monoisotopic (exact) mass is 405 g/mol. The molecule has 1 aromatic carbocycles. The third kappa shape index (κ3) is 10.5. The zero-order chi connectivity index (χ0) is 21.6. The van der Waals surface area contributed by atoms with E-state index in [2.05, 4.69) is 34.8 Å². The van der Waals surface area contributed by atoms with E-state index in [0.29, 0.717) is 23.9 Å². The van der Waals surface area contributed by atoms with Gasteiger partial charge in [0.1, 0.15) is 0 Å². The maximum atomic E-state index is 11.9. The van der Waals surface area contributed by atoms with Gasteiger partial charge in [-0.2, -0.15) is 0 Å². The van der Waals surface area contributed by atoms with Crippen LogP contribution in [0.1, 0.15) is 49.5 Å². The third-order valence-corrected chi connectivity index (χ3v) is 4.30. The Balaban J connectivity index is 2.65. The van der Waals surface area contributed by atoms with Crippen molar-refractivity contribution in [1.82, 2.24) is 16.0 Å². The Hall–Kier alpha value is -2.61. The average Bonchev–Trinajstić information content (AvgIpc) is 2.68. The fourth-order valence-corrected chi connectivity index (χ4v) is 2.94. The zero-order valence-corrected chi connectivity index (χ0v) is 17.7. The summed E-state index contributed by atoms with van der Waals surface area (Å²) in [7, 11) is 0. The first-order valence-corrected chi connectivity index (χ1v) is 10.1. The van der Waals surface area contributed by atoms with E-state index in [9.17, 15) is 14.7 Å². The summed E-state index contributed by atoms with van der Waals surface area (Å²) in [4.78, 5) is 27.2. The molecule has 162 valence electrons. The summed E-state index contributed by atoms with van der Waals surface area (Å²) in [5.41, 5.74) is 6.45. The zero-order valence-electron chi connectivity index (χ0n) is 17.7. The van der Waals surface area contributed by atoms with Gasteiger partial charge in [-0.3, -0.25) is 9.59 Å². The van der Waals surface area contributed by atoms with Gasteiger partial charge >= 0.3 is 0 Å². The average molecular weight is 406 g/mol. The second kappa shape index (κ2) is 13.5. The van der Waals surface area contributed by atoms with Crippen molar-refractivity contribution in [3.8, 4) is 0 Å². The molecule has 8 nitrogen and oxygen atoms in total. The molecule has 0 radical (unpaired) electrons. The van der Waals surface area contributed by atoms with E-state index in [0.717, 1.165) is 37.5 Å². The molecule has 1 atom stereocenters. The molecule has 0 aromatic heterocycles. The van der Waals surface area contributed by atoms with Gasteiger partial charge in [0.2, 0.25) is 5.91 Å². The highest BCUT2D eigenvalue weighted by Crippen LogP contribution is 2.14. The molecule has 0 bridgehead atoms. The number of carbonyl (C=O) groups is 2. The van der Waals surface area contributed by atoms with Gasteiger partial charge in [-0.1, -0.05) is 26.0 Å². The quantitative estimate of drug-likeness (QED) is 0.262. The Morgan fingerprint density at radius 2 is 1.83 bits per heavy atom. The van der Waals surface area contributed by atoms with E-state index in [4.69, 9.17) is 5.73 Å². The highest BCUT2D eigenvalue weighted by molar-refractivity contribution is 5.96. The fourth-order valence-electron chi connectivity index (χ4n) is 2.94. The van der Waals surface area contributed by atoms with E-state index in [-0.39, 0.29) is 19.1 Å². The Kier molecular flexibility index (Phi) is 11.4. The van der Waals surface area contributed by atoms with E-state index in [1.807, 2.05) is 19.1 Å². The summed E-state index contributed by atoms with van der Waals surface area (Å²) in [6.07, 6.45) is 1.82. The first-order valence-electron chi connectivity index (χ1n) is 10.1. The molecule has 0 heterocycles. The van der Waals surface area contributed by atoms with Crippen LogP contribution in [0.3, 0.4) is 0 Å². The van der Waals surface area contributed by atoms with Crippen molar-refractivity contribution >= 4 is 17.8 Å². The van der Waals surface area contributed by atoms with E-state index in [1.54, 1.807) is 12.1 Å². The van der Waals surface area contributed by atoms with Crippen LogP contribution in [0.5, 0.6) is 0 Å². The molecule has 1 rings (SSSR count). The minimum atomic E-state index is -0.581. The van der Waals surface area contributed by atoms with E-state index in [1.165, 1.54) is 0 Å². The van der Waals surface area contributed by atoms with E-state index >= 15 is 0 Å². The van der Waals surface area contributed by atoms with Gasteiger partial charge in [0.15, 0.2) is 5.96 Å². The highest BCUT2D eigenvalue weighted by Gasteiger charge is 2.11. The van der Waals surface area contributed by atoms with Crippen LogP contribution in [0, 0.1) is 11.8 Å². The molecule has 0 spiro atoms. The van der Waals surface area contributed by atoms with Gasteiger partial charge < -0.3 is 26.8 Å². The maximum Gasteiger partial charge on any atom is 0.251 e. The second-order valence-corrected chi connectivity index (χ2v) is 7.43. The Morgan fingerprint density at radius 3 is 2.38 bits per heavy atom. The maximum absolute atomic E-state index is 11.9. The Morgan fingerprint density at radius 1 is 1.14 bits per heavy atom. The number of nitrogens with one attached hydrogen (secondary N) is 3. The normalized spacial score (nSPS) is 12.5. The second-order valence-electron chi connectivity index (χ2n) is 7.43. The number of carbonyl (C=O) groups excluding carboxylic acids is 2. The van der Waals surface area contributed by atoms with Gasteiger partial charge in [0.05, 0.1) is 13.1 Å². The smallest absolute Gasteiger partial charge is 0.251 e. The predicted molar refractivity (Wildman–Crippen MR) is 115 cm³/mol. The van der Waals surface area contributed by atoms with Crippen LogP contribution < -0.4 is 21.7 Å². The number of nitrogens with zero attached hydrogens (tertiary/aromatic N) is 1. The van der Waals surface area contributed by atoms with Crippen LogP contribution in [0.15, 0.2) is 29.3 Å². The molecule has 0 aliphatic heterocycles. The molecule has 0 aliphatic rings. The van der Waals surface area contributed by atoms with Crippen molar-refractivity contribution in [3.05, 3.63) is 35.4 Å². The lowest BCUT2D eigenvalue weighted by atomic mass is 9.94. The van der Waals surface area contributed by atoms with Gasteiger partial charge in [-0.25, -0.2) is 4.99 Å². The molecule has 0 saturated carbocycles. The molecule has 1 aromatic rings. The number of aliphatic hydroxyl groups excluding tert-OH is 1. The van der Waals surface area contributed by atoms with Crippen LogP contribution in [0.25, 0.3) is 0 Å². The van der Waals surface area contributed by atoms with Crippen LogP contribution in [0.2, 0.25) is 0 Å². The Labute approximate surface area is 173 Å². The minimum absolute atomic E-state index is 0.184. The lowest BCUT2D eigenvalue weighted by molar-refractivity contribution is -0.117. The standard InChI is InChI=1S/C21H35N5O3/c1-4-23-21(26-13-17(9-10-27)11-15(2)3)25-12-16-5-7-18(8-6-16)20(29)24-14-19(22)28/h5-8,15,17,27H,4,9-14H2,1-3H3,(H2,22,28)(H,24,29)(H2,23,25,26). The molecule has 1 unspecified atom stereocenters. The van der Waals surface area contributed by atoms with Crippen LogP contribution in [-0.2, 0) is 11.3 Å². The number of aliphatic imine (C=N–C) groups is 1. The topological polar surface area (TPSA) is 129 Å². The van der Waals surface area contributed by atoms with Crippen LogP contribution in [0.4, 0.5) is 0 Å².